The van der Waals surface area contributed by atoms with Gasteiger partial charge in [0.2, 0.25) is 11.8 Å². The molecule has 1 aromatic rings. The molecule has 1 heterocycles. The molecule has 7 nitrogen and oxygen atoms in total. The highest BCUT2D eigenvalue weighted by Gasteiger charge is 2.66. The number of amides is 3. The van der Waals surface area contributed by atoms with Gasteiger partial charge in [0.15, 0.2) is 6.61 Å². The molecule has 3 amide bonds. The average Bonchev–Trinajstić information content (AvgIpc) is 3.29. The predicted octanol–water partition coefficient (Wildman–Crippen LogP) is 1.94. The first-order chi connectivity index (χ1) is 13.8. The van der Waals surface area contributed by atoms with Crippen LogP contribution in [0.25, 0.3) is 0 Å². The van der Waals surface area contributed by atoms with E-state index in [0.29, 0.717) is 12.1 Å². The van der Waals surface area contributed by atoms with Crippen molar-refractivity contribution in [3.05, 3.63) is 29.8 Å². The summed E-state index contributed by atoms with van der Waals surface area (Å²) in [7, 11) is 0. The van der Waals surface area contributed by atoms with Gasteiger partial charge in [-0.2, -0.15) is 0 Å². The van der Waals surface area contributed by atoms with Crippen LogP contribution in [0.5, 0.6) is 0 Å². The topological polar surface area (TPSA) is 92.8 Å². The number of para-hydroxylation sites is 1. The molecule has 2 saturated carbocycles. The number of benzene rings is 1. The maximum absolute atomic E-state index is 12.7. The lowest BCUT2D eigenvalue weighted by atomic mass is 9.80. The average molecular weight is 439 g/mol. The first-order valence-corrected chi connectivity index (χ1v) is 10.3. The largest absolute Gasteiger partial charge is 0.454 e. The fraction of sp³-hybridized carbons (Fsp3) is 0.500. The first-order valence-electron chi connectivity index (χ1n) is 9.44. The number of rotatable bonds is 5. The van der Waals surface area contributed by atoms with Gasteiger partial charge in [-0.1, -0.05) is 18.2 Å². The van der Waals surface area contributed by atoms with Crippen LogP contribution in [0, 0.1) is 30.6 Å². The Kier molecular flexibility index (Phi) is 5.29. The minimum Gasteiger partial charge on any atom is -0.454 e. The van der Waals surface area contributed by atoms with Crippen molar-refractivity contribution in [1.29, 1.82) is 0 Å². The van der Waals surface area contributed by atoms with E-state index in [9.17, 15) is 19.2 Å². The summed E-state index contributed by atoms with van der Waals surface area (Å²) in [5, 5.41) is 1.95. The highest BCUT2D eigenvalue weighted by Crippen LogP contribution is 2.59. The smallest absolute Gasteiger partial charge is 0.326 e. The van der Waals surface area contributed by atoms with Crippen LogP contribution in [0.15, 0.2) is 24.3 Å². The lowest BCUT2D eigenvalue weighted by Crippen LogP contribution is -2.38. The molecule has 0 unspecified atom stereocenters. The second-order valence-electron chi connectivity index (χ2n) is 7.79. The number of aryl methyl sites for hydroxylation is 1. The van der Waals surface area contributed by atoms with Gasteiger partial charge in [-0.05, 0) is 36.8 Å². The van der Waals surface area contributed by atoms with Crippen molar-refractivity contribution in [2.75, 3.05) is 18.5 Å². The van der Waals surface area contributed by atoms with Crippen LogP contribution in [-0.4, -0.2) is 52.5 Å². The van der Waals surface area contributed by atoms with E-state index >= 15 is 0 Å². The minimum absolute atomic E-state index is 0.147. The van der Waals surface area contributed by atoms with Crippen LogP contribution in [0.2, 0.25) is 0 Å². The van der Waals surface area contributed by atoms with E-state index < -0.39 is 48.7 Å². The number of nitrogens with zero attached hydrogens (tertiary/aromatic N) is 1. The number of hydrogen-bond donors (Lipinski definition) is 1. The van der Waals surface area contributed by atoms with E-state index in [1.54, 1.807) is 12.1 Å². The number of carbonyl (C=O) groups excluding carboxylic acids is 4. The Morgan fingerprint density at radius 1 is 1.10 bits per heavy atom. The molecule has 0 radical (unpaired) electrons. The Bertz CT molecular complexity index is 859. The van der Waals surface area contributed by atoms with E-state index in [1.165, 1.54) is 0 Å². The SMILES string of the molecule is Cc1ccccc1NC(=O)COC(=O)CN1C(=O)[C@@H]2[C@H]3C[C@@H]([C@H](Cl)[C@@H]3Cl)[C@@H]2C1=O. The summed E-state index contributed by atoms with van der Waals surface area (Å²) in [4.78, 5) is 50.5. The number of anilines is 1. The number of likely N-dealkylation sites (tertiary alicyclic amines) is 1. The second kappa shape index (κ2) is 7.61. The van der Waals surface area contributed by atoms with Crippen LogP contribution >= 0.6 is 23.2 Å². The summed E-state index contributed by atoms with van der Waals surface area (Å²) in [6.07, 6.45) is 0.659. The van der Waals surface area contributed by atoms with Crippen molar-refractivity contribution < 1.29 is 23.9 Å². The minimum atomic E-state index is -0.816. The number of alkyl halides is 2. The standard InChI is InChI=1S/C20H20Cl2N2O5/c1-9-4-2-3-5-12(9)23-13(25)8-29-14(26)7-24-19(27)15-10-6-11(16(15)20(24)28)18(22)17(10)21/h2-5,10-11,15-18H,6-8H2,1H3,(H,23,25)/t10-,11-,15-,16+,17-,18+/m1/s1. The molecular formula is C20H20Cl2N2O5. The number of ether oxygens (including phenoxy) is 1. The summed E-state index contributed by atoms with van der Waals surface area (Å²) in [5.41, 5.74) is 1.49. The summed E-state index contributed by atoms with van der Waals surface area (Å²) >= 11 is 12.6. The molecule has 6 atom stereocenters. The molecule has 0 spiro atoms. The third-order valence-corrected chi connectivity index (χ3v) is 7.47. The number of halogens is 2. The lowest BCUT2D eigenvalue weighted by Gasteiger charge is -2.28. The molecule has 0 aromatic heterocycles. The van der Waals surface area contributed by atoms with Gasteiger partial charge >= 0.3 is 5.97 Å². The van der Waals surface area contributed by atoms with Gasteiger partial charge in [-0.3, -0.25) is 24.1 Å². The number of carbonyl (C=O) groups is 4. The third kappa shape index (κ3) is 3.40. The zero-order valence-electron chi connectivity index (χ0n) is 15.6. The van der Waals surface area contributed by atoms with Gasteiger partial charge in [-0.25, -0.2) is 0 Å². The second-order valence-corrected chi connectivity index (χ2v) is 8.80. The van der Waals surface area contributed by atoms with Gasteiger partial charge < -0.3 is 10.1 Å². The molecule has 3 aliphatic rings. The normalized spacial score (nSPS) is 32.4. The summed E-state index contributed by atoms with van der Waals surface area (Å²) in [6.45, 7) is 0.823. The number of nitrogens with one attached hydrogen (secondary N) is 1. The van der Waals surface area contributed by atoms with Crippen molar-refractivity contribution in [2.45, 2.75) is 24.1 Å². The predicted molar refractivity (Wildman–Crippen MR) is 105 cm³/mol. The lowest BCUT2D eigenvalue weighted by molar-refractivity contribution is -0.154. The maximum Gasteiger partial charge on any atom is 0.326 e. The molecule has 3 fully saturated rings. The van der Waals surface area contributed by atoms with Crippen molar-refractivity contribution in [3.8, 4) is 0 Å². The molecule has 1 aromatic carbocycles. The monoisotopic (exact) mass is 438 g/mol. The van der Waals surface area contributed by atoms with E-state index in [2.05, 4.69) is 5.32 Å². The Balaban J connectivity index is 1.32. The van der Waals surface area contributed by atoms with Gasteiger partial charge in [0.05, 0.1) is 22.6 Å². The van der Waals surface area contributed by atoms with Crippen molar-refractivity contribution in [3.63, 3.8) is 0 Å². The Hall–Kier alpha value is -2.12. The van der Waals surface area contributed by atoms with Crippen LogP contribution in [-0.2, 0) is 23.9 Å². The van der Waals surface area contributed by atoms with Crippen LogP contribution in [0.1, 0.15) is 12.0 Å². The quantitative estimate of drug-likeness (QED) is 0.430. The van der Waals surface area contributed by atoms with Crippen molar-refractivity contribution in [1.82, 2.24) is 4.90 Å². The summed E-state index contributed by atoms with van der Waals surface area (Å²) < 4.78 is 4.96. The molecule has 154 valence electrons. The molecule has 1 saturated heterocycles. The van der Waals surface area contributed by atoms with Crippen molar-refractivity contribution >= 4 is 52.6 Å². The number of fused-ring (bicyclic) bond motifs is 5. The molecule has 9 heteroatoms. The summed E-state index contributed by atoms with van der Waals surface area (Å²) in [5.74, 6) is -3.44. The van der Waals surface area contributed by atoms with Crippen LogP contribution in [0.4, 0.5) is 5.69 Å². The van der Waals surface area contributed by atoms with Gasteiger partial charge in [-0.15, -0.1) is 23.2 Å². The number of hydrogen-bond acceptors (Lipinski definition) is 5. The zero-order valence-corrected chi connectivity index (χ0v) is 17.2. The molecule has 1 N–H and O–H groups in total. The molecule has 2 aliphatic carbocycles. The van der Waals surface area contributed by atoms with Crippen LogP contribution < -0.4 is 5.32 Å². The first kappa shape index (κ1) is 20.2. The van der Waals surface area contributed by atoms with E-state index in [-0.39, 0.29) is 22.6 Å². The van der Waals surface area contributed by atoms with E-state index in [0.717, 1.165) is 10.5 Å². The maximum atomic E-state index is 12.7. The summed E-state index contributed by atoms with van der Waals surface area (Å²) in [6, 6.07) is 7.19. The molecule has 1 aliphatic heterocycles. The Labute approximate surface area is 177 Å². The number of imide groups is 1. The van der Waals surface area contributed by atoms with Gasteiger partial charge in [0.25, 0.3) is 5.91 Å². The van der Waals surface area contributed by atoms with Gasteiger partial charge in [0.1, 0.15) is 6.54 Å². The molecule has 2 bridgehead atoms. The third-order valence-electron chi connectivity index (χ3n) is 6.15. The van der Waals surface area contributed by atoms with Gasteiger partial charge in [0, 0.05) is 5.69 Å². The Morgan fingerprint density at radius 3 is 2.28 bits per heavy atom. The molecular weight excluding hydrogens is 419 g/mol. The highest BCUT2D eigenvalue weighted by molar-refractivity contribution is 6.31. The van der Waals surface area contributed by atoms with E-state index in [4.69, 9.17) is 27.9 Å². The fourth-order valence-electron chi connectivity index (χ4n) is 4.79. The Morgan fingerprint density at radius 2 is 1.69 bits per heavy atom. The number of esters is 1. The zero-order chi connectivity index (χ0) is 20.9. The van der Waals surface area contributed by atoms with E-state index in [1.807, 2.05) is 19.1 Å². The highest BCUT2D eigenvalue weighted by atomic mass is 35.5. The molecule has 4 rings (SSSR count). The fourth-order valence-corrected chi connectivity index (χ4v) is 5.68. The van der Waals surface area contributed by atoms with Crippen molar-refractivity contribution in [2.24, 2.45) is 23.7 Å². The molecule has 29 heavy (non-hydrogen) atoms. The van der Waals surface area contributed by atoms with Crippen LogP contribution in [0.3, 0.4) is 0 Å².